The lowest BCUT2D eigenvalue weighted by Crippen LogP contribution is -2.09. The van der Waals surface area contributed by atoms with E-state index in [-0.39, 0.29) is 11.7 Å². The fourth-order valence-electron chi connectivity index (χ4n) is 1.94. The second-order valence-corrected chi connectivity index (χ2v) is 5.28. The van der Waals surface area contributed by atoms with Gasteiger partial charge in [-0.2, -0.15) is 16.7 Å². The van der Waals surface area contributed by atoms with Gasteiger partial charge in [-0.25, -0.2) is 0 Å². The van der Waals surface area contributed by atoms with Crippen LogP contribution >= 0.6 is 11.8 Å². The lowest BCUT2D eigenvalue weighted by Gasteiger charge is -1.97. The summed E-state index contributed by atoms with van der Waals surface area (Å²) in [6.07, 6.45) is 0.637. The van der Waals surface area contributed by atoms with E-state index in [0.29, 0.717) is 23.9 Å². The summed E-state index contributed by atoms with van der Waals surface area (Å²) in [5.74, 6) is 2.41. The van der Waals surface area contributed by atoms with Crippen molar-refractivity contribution >= 4 is 17.5 Å². The minimum atomic E-state index is -0.202. The molecule has 0 aliphatic carbocycles. The first-order valence-electron chi connectivity index (χ1n) is 5.80. The number of rotatable bonds is 3. The summed E-state index contributed by atoms with van der Waals surface area (Å²) in [6, 6.07) is 9.97. The molecule has 0 bridgehead atoms. The molecule has 0 radical (unpaired) electrons. The van der Waals surface area contributed by atoms with Crippen LogP contribution in [0.25, 0.3) is 0 Å². The van der Waals surface area contributed by atoms with Crippen LogP contribution in [0.4, 0.5) is 0 Å². The molecule has 1 atom stereocenters. The summed E-state index contributed by atoms with van der Waals surface area (Å²) in [6.45, 7) is 0. The smallest absolute Gasteiger partial charge is 0.238 e. The minimum Gasteiger partial charge on any atom is -0.339 e. The predicted octanol–water partition coefficient (Wildman–Crippen LogP) is 2.06. The van der Waals surface area contributed by atoms with Crippen LogP contribution < -0.4 is 0 Å². The van der Waals surface area contributed by atoms with E-state index in [9.17, 15) is 4.79 Å². The molecule has 1 aliphatic heterocycles. The quantitative estimate of drug-likeness (QED) is 0.845. The molecule has 92 valence electrons. The number of Topliss-reactive ketones (excluding diaryl/α,β-unsaturated/α-hetero) is 1. The number of benzene rings is 1. The highest BCUT2D eigenvalue weighted by Crippen LogP contribution is 2.28. The Morgan fingerprint density at radius 1 is 1.33 bits per heavy atom. The monoisotopic (exact) mass is 260 g/mol. The van der Waals surface area contributed by atoms with Gasteiger partial charge in [0.1, 0.15) is 5.92 Å². The number of hydrogen-bond acceptors (Lipinski definition) is 5. The average molecular weight is 260 g/mol. The van der Waals surface area contributed by atoms with E-state index >= 15 is 0 Å². The van der Waals surface area contributed by atoms with Gasteiger partial charge in [-0.05, 0) is 5.56 Å². The van der Waals surface area contributed by atoms with E-state index in [1.165, 1.54) is 0 Å². The number of nitrogens with zero attached hydrogens (tertiary/aromatic N) is 2. The Kier molecular flexibility index (Phi) is 3.15. The Bertz CT molecular complexity index is 553. The first kappa shape index (κ1) is 11.5. The number of thioether (sulfide) groups is 1. The third-order valence-electron chi connectivity index (χ3n) is 2.90. The lowest BCUT2D eigenvalue weighted by atomic mass is 10.1. The summed E-state index contributed by atoms with van der Waals surface area (Å²) in [5, 5.41) is 3.94. The summed E-state index contributed by atoms with van der Waals surface area (Å²) < 4.78 is 5.20. The molecule has 3 rings (SSSR count). The van der Waals surface area contributed by atoms with Gasteiger partial charge in [0.15, 0.2) is 11.6 Å². The molecule has 0 amide bonds. The van der Waals surface area contributed by atoms with Crippen LogP contribution in [-0.2, 0) is 11.2 Å². The summed E-state index contributed by atoms with van der Waals surface area (Å²) in [7, 11) is 0. The van der Waals surface area contributed by atoms with E-state index in [1.807, 2.05) is 30.3 Å². The highest BCUT2D eigenvalue weighted by molar-refractivity contribution is 8.00. The number of carbonyl (C=O) groups is 1. The molecule has 0 saturated carbocycles. The van der Waals surface area contributed by atoms with Gasteiger partial charge in [0.05, 0.1) is 5.75 Å². The Hall–Kier alpha value is -1.62. The van der Waals surface area contributed by atoms with Crippen LogP contribution in [0.2, 0.25) is 0 Å². The van der Waals surface area contributed by atoms with Crippen molar-refractivity contribution in [3.8, 4) is 0 Å². The Labute approximate surface area is 109 Å². The van der Waals surface area contributed by atoms with E-state index in [1.54, 1.807) is 11.8 Å². The Balaban J connectivity index is 1.76. The maximum atomic E-state index is 11.6. The number of aromatic nitrogens is 2. The molecule has 1 aromatic heterocycles. The van der Waals surface area contributed by atoms with Gasteiger partial charge in [0.2, 0.25) is 5.89 Å². The molecule has 2 heterocycles. The first-order chi connectivity index (χ1) is 8.83. The fourth-order valence-corrected chi connectivity index (χ4v) is 3.02. The fraction of sp³-hybridized carbons (Fsp3) is 0.308. The van der Waals surface area contributed by atoms with E-state index < -0.39 is 0 Å². The third kappa shape index (κ3) is 2.31. The molecule has 1 aromatic carbocycles. The van der Waals surface area contributed by atoms with Crippen molar-refractivity contribution in [2.24, 2.45) is 0 Å². The van der Waals surface area contributed by atoms with Crippen molar-refractivity contribution in [2.45, 2.75) is 12.3 Å². The van der Waals surface area contributed by atoms with Crippen molar-refractivity contribution in [1.29, 1.82) is 0 Å². The van der Waals surface area contributed by atoms with Crippen molar-refractivity contribution in [1.82, 2.24) is 10.1 Å². The number of hydrogen-bond donors (Lipinski definition) is 0. The third-order valence-corrected chi connectivity index (χ3v) is 3.96. The van der Waals surface area contributed by atoms with Crippen molar-refractivity contribution in [3.05, 3.63) is 47.6 Å². The second-order valence-electron chi connectivity index (χ2n) is 4.25. The first-order valence-corrected chi connectivity index (χ1v) is 6.95. The van der Waals surface area contributed by atoms with Gasteiger partial charge >= 0.3 is 0 Å². The zero-order chi connectivity index (χ0) is 12.4. The lowest BCUT2D eigenvalue weighted by molar-refractivity contribution is -0.117. The second kappa shape index (κ2) is 4.94. The predicted molar refractivity (Wildman–Crippen MR) is 68.6 cm³/mol. The van der Waals surface area contributed by atoms with Gasteiger partial charge in [0.25, 0.3) is 0 Å². The Morgan fingerprint density at radius 3 is 2.89 bits per heavy atom. The zero-order valence-electron chi connectivity index (χ0n) is 9.70. The molecule has 1 saturated heterocycles. The highest BCUT2D eigenvalue weighted by atomic mass is 32.2. The molecule has 1 aliphatic rings. The van der Waals surface area contributed by atoms with Crippen LogP contribution in [0.15, 0.2) is 34.9 Å². The molecule has 5 heteroatoms. The van der Waals surface area contributed by atoms with Crippen LogP contribution in [-0.4, -0.2) is 27.4 Å². The normalized spacial score (nSPS) is 19.3. The van der Waals surface area contributed by atoms with Gasteiger partial charge in [0, 0.05) is 12.2 Å². The van der Waals surface area contributed by atoms with Crippen LogP contribution in [0.3, 0.4) is 0 Å². The standard InChI is InChI=1S/C13H12N2O2S/c16-11-8-18-7-10(11)13-14-12(15-17-13)6-9-4-2-1-3-5-9/h1-5,10H,6-8H2. The van der Waals surface area contributed by atoms with Crippen molar-refractivity contribution < 1.29 is 9.32 Å². The largest absolute Gasteiger partial charge is 0.339 e. The number of carbonyl (C=O) groups excluding carboxylic acids is 1. The minimum absolute atomic E-state index is 0.190. The van der Waals surface area contributed by atoms with E-state index in [2.05, 4.69) is 10.1 Å². The van der Waals surface area contributed by atoms with Gasteiger partial charge in [-0.1, -0.05) is 35.5 Å². The maximum absolute atomic E-state index is 11.6. The van der Waals surface area contributed by atoms with Crippen molar-refractivity contribution in [3.63, 3.8) is 0 Å². The van der Waals surface area contributed by atoms with Gasteiger partial charge in [-0.3, -0.25) is 4.79 Å². The molecule has 0 spiro atoms. The molecule has 2 aromatic rings. The van der Waals surface area contributed by atoms with Crippen molar-refractivity contribution in [2.75, 3.05) is 11.5 Å². The molecule has 0 N–H and O–H groups in total. The van der Waals surface area contributed by atoms with E-state index in [4.69, 9.17) is 4.52 Å². The molecule has 1 fully saturated rings. The molecular formula is C13H12N2O2S. The summed E-state index contributed by atoms with van der Waals surface area (Å²) in [4.78, 5) is 15.9. The van der Waals surface area contributed by atoms with Crippen LogP contribution in [0.5, 0.6) is 0 Å². The highest BCUT2D eigenvalue weighted by Gasteiger charge is 2.31. The molecule has 4 nitrogen and oxygen atoms in total. The molecular weight excluding hydrogens is 248 g/mol. The zero-order valence-corrected chi connectivity index (χ0v) is 10.5. The van der Waals surface area contributed by atoms with Crippen LogP contribution in [0, 0.1) is 0 Å². The maximum Gasteiger partial charge on any atom is 0.238 e. The van der Waals surface area contributed by atoms with Gasteiger partial charge < -0.3 is 4.52 Å². The molecule has 18 heavy (non-hydrogen) atoms. The number of ketones is 1. The van der Waals surface area contributed by atoms with Crippen LogP contribution in [0.1, 0.15) is 23.2 Å². The Morgan fingerprint density at radius 2 is 2.17 bits per heavy atom. The van der Waals surface area contributed by atoms with E-state index in [0.717, 1.165) is 11.3 Å². The molecule has 1 unspecified atom stereocenters. The topological polar surface area (TPSA) is 56.0 Å². The average Bonchev–Trinajstić information content (AvgIpc) is 2.99. The summed E-state index contributed by atoms with van der Waals surface area (Å²) in [5.41, 5.74) is 1.14. The van der Waals surface area contributed by atoms with Gasteiger partial charge in [-0.15, -0.1) is 0 Å². The summed E-state index contributed by atoms with van der Waals surface area (Å²) >= 11 is 1.62. The SMILES string of the molecule is O=C1CSCC1c1nc(Cc2ccccc2)no1.